The van der Waals surface area contributed by atoms with Crippen molar-refractivity contribution in [3.8, 4) is 0 Å². The number of sulfone groups is 1. The van der Waals surface area contributed by atoms with E-state index in [0.29, 0.717) is 17.5 Å². The molecule has 1 heterocycles. The predicted octanol–water partition coefficient (Wildman–Crippen LogP) is 0.103. The Morgan fingerprint density at radius 3 is 2.67 bits per heavy atom. The van der Waals surface area contributed by atoms with Crippen molar-refractivity contribution in [3.05, 3.63) is 0 Å². The van der Waals surface area contributed by atoms with Gasteiger partial charge in [-0.05, 0) is 33.9 Å². The van der Waals surface area contributed by atoms with Crippen molar-refractivity contribution in [2.75, 3.05) is 32.1 Å². The number of rotatable bonds is 4. The quantitative estimate of drug-likeness (QED) is 0.750. The summed E-state index contributed by atoms with van der Waals surface area (Å²) in [5.74, 6) is 0.682. The van der Waals surface area contributed by atoms with Crippen LogP contribution in [0.25, 0.3) is 0 Å². The summed E-state index contributed by atoms with van der Waals surface area (Å²) in [5.41, 5.74) is 0. The van der Waals surface area contributed by atoms with E-state index >= 15 is 0 Å². The van der Waals surface area contributed by atoms with Gasteiger partial charge in [-0.25, -0.2) is 8.42 Å². The molecular formula is C10H22N2O2S. The van der Waals surface area contributed by atoms with Crippen LogP contribution < -0.4 is 5.32 Å². The van der Waals surface area contributed by atoms with Crippen LogP contribution in [0.1, 0.15) is 19.8 Å². The van der Waals surface area contributed by atoms with E-state index < -0.39 is 9.84 Å². The molecule has 15 heavy (non-hydrogen) atoms. The van der Waals surface area contributed by atoms with E-state index in [9.17, 15) is 8.42 Å². The van der Waals surface area contributed by atoms with Gasteiger partial charge >= 0.3 is 0 Å². The van der Waals surface area contributed by atoms with E-state index in [4.69, 9.17) is 0 Å². The van der Waals surface area contributed by atoms with E-state index in [-0.39, 0.29) is 6.04 Å². The second-order valence-electron chi connectivity index (χ2n) is 4.67. The zero-order valence-corrected chi connectivity index (χ0v) is 10.7. The molecule has 1 aliphatic heterocycles. The third-order valence-corrected chi connectivity index (χ3v) is 4.87. The highest BCUT2D eigenvalue weighted by atomic mass is 32.2. The first-order valence-electron chi connectivity index (χ1n) is 5.51. The minimum atomic E-state index is -2.78. The third kappa shape index (κ3) is 4.49. The van der Waals surface area contributed by atoms with Crippen LogP contribution in [0.2, 0.25) is 0 Å². The maximum Gasteiger partial charge on any atom is 0.151 e. The molecule has 0 spiro atoms. The predicted molar refractivity (Wildman–Crippen MR) is 62.8 cm³/mol. The van der Waals surface area contributed by atoms with E-state index in [0.717, 1.165) is 19.4 Å². The number of hydrogen-bond donors (Lipinski definition) is 1. The summed E-state index contributed by atoms with van der Waals surface area (Å²) < 4.78 is 22.8. The zero-order valence-electron chi connectivity index (χ0n) is 9.86. The molecule has 0 aromatic rings. The molecule has 5 heteroatoms. The summed E-state index contributed by atoms with van der Waals surface area (Å²) in [5, 5.41) is 3.34. The Balaban J connectivity index is 2.33. The number of nitrogens with one attached hydrogen (secondary N) is 1. The summed E-state index contributed by atoms with van der Waals surface area (Å²) >= 11 is 0. The van der Waals surface area contributed by atoms with E-state index in [1.807, 2.05) is 14.1 Å². The lowest BCUT2D eigenvalue weighted by Gasteiger charge is -2.27. The molecule has 0 radical (unpaired) electrons. The van der Waals surface area contributed by atoms with Gasteiger partial charge < -0.3 is 10.2 Å². The van der Waals surface area contributed by atoms with Crippen molar-refractivity contribution in [2.24, 2.45) is 0 Å². The molecule has 1 rings (SSSR count). The molecule has 4 nitrogen and oxygen atoms in total. The first-order valence-corrected chi connectivity index (χ1v) is 7.33. The summed E-state index contributed by atoms with van der Waals surface area (Å²) in [6, 6.07) is 0.598. The highest BCUT2D eigenvalue weighted by Gasteiger charge is 2.24. The van der Waals surface area contributed by atoms with Gasteiger partial charge in [-0.3, -0.25) is 0 Å². The third-order valence-electron chi connectivity index (χ3n) is 3.05. The highest BCUT2D eigenvalue weighted by molar-refractivity contribution is 7.91. The fraction of sp³-hybridized carbons (Fsp3) is 1.00. The molecule has 0 aliphatic carbocycles. The lowest BCUT2D eigenvalue weighted by atomic mass is 10.2. The van der Waals surface area contributed by atoms with Gasteiger partial charge in [0.15, 0.2) is 9.84 Å². The Hall–Kier alpha value is -0.130. The van der Waals surface area contributed by atoms with Gasteiger partial charge in [0.1, 0.15) is 0 Å². The molecule has 2 atom stereocenters. The van der Waals surface area contributed by atoms with Gasteiger partial charge in [0.2, 0.25) is 0 Å². The van der Waals surface area contributed by atoms with E-state index in [2.05, 4.69) is 17.1 Å². The fourth-order valence-corrected chi connectivity index (χ4v) is 3.37. The van der Waals surface area contributed by atoms with Crippen LogP contribution in [-0.2, 0) is 9.84 Å². The Kier molecular flexibility index (Phi) is 4.55. The van der Waals surface area contributed by atoms with Gasteiger partial charge in [0, 0.05) is 18.6 Å². The first-order chi connectivity index (χ1) is 6.91. The second-order valence-corrected chi connectivity index (χ2v) is 6.90. The van der Waals surface area contributed by atoms with Crippen molar-refractivity contribution >= 4 is 9.84 Å². The topological polar surface area (TPSA) is 49.4 Å². The minimum Gasteiger partial charge on any atom is -0.311 e. The molecule has 0 aromatic carbocycles. The monoisotopic (exact) mass is 234 g/mol. The Bertz CT molecular complexity index is 288. The van der Waals surface area contributed by atoms with E-state index in [1.165, 1.54) is 0 Å². The van der Waals surface area contributed by atoms with Gasteiger partial charge in [0.05, 0.1) is 11.5 Å². The summed E-state index contributed by atoms with van der Waals surface area (Å²) in [6.45, 7) is 2.98. The van der Waals surface area contributed by atoms with Gasteiger partial charge in [-0.15, -0.1) is 0 Å². The Labute approximate surface area is 93.0 Å². The molecule has 1 fully saturated rings. The lowest BCUT2D eigenvalue weighted by molar-refractivity contribution is 0.292. The average molecular weight is 234 g/mol. The van der Waals surface area contributed by atoms with Crippen molar-refractivity contribution in [2.45, 2.75) is 31.8 Å². The van der Waals surface area contributed by atoms with Crippen LogP contribution in [0.15, 0.2) is 0 Å². The zero-order chi connectivity index (χ0) is 11.5. The molecule has 1 aliphatic rings. The number of hydrogen-bond acceptors (Lipinski definition) is 4. The largest absolute Gasteiger partial charge is 0.311 e. The van der Waals surface area contributed by atoms with Crippen molar-refractivity contribution in [1.29, 1.82) is 0 Å². The maximum absolute atomic E-state index is 11.4. The fourth-order valence-electron chi connectivity index (χ4n) is 1.70. The van der Waals surface area contributed by atoms with Crippen LogP contribution in [0.5, 0.6) is 0 Å². The highest BCUT2D eigenvalue weighted by Crippen LogP contribution is 2.11. The molecule has 0 bridgehead atoms. The molecule has 2 unspecified atom stereocenters. The average Bonchev–Trinajstić information content (AvgIpc) is 2.12. The molecule has 1 saturated heterocycles. The normalized spacial score (nSPS) is 27.9. The van der Waals surface area contributed by atoms with Gasteiger partial charge in [-0.2, -0.15) is 0 Å². The van der Waals surface area contributed by atoms with Crippen LogP contribution in [-0.4, -0.2) is 57.5 Å². The van der Waals surface area contributed by atoms with Crippen LogP contribution >= 0.6 is 0 Å². The molecule has 1 N–H and O–H groups in total. The molecule has 0 saturated carbocycles. The Morgan fingerprint density at radius 1 is 1.47 bits per heavy atom. The van der Waals surface area contributed by atoms with Crippen LogP contribution in [0, 0.1) is 0 Å². The smallest absolute Gasteiger partial charge is 0.151 e. The van der Waals surface area contributed by atoms with Gasteiger partial charge in [-0.1, -0.05) is 0 Å². The molecule has 0 amide bonds. The van der Waals surface area contributed by atoms with Crippen molar-refractivity contribution < 1.29 is 8.42 Å². The summed E-state index contributed by atoms with van der Waals surface area (Å²) in [4.78, 5) is 2.13. The first kappa shape index (κ1) is 12.9. The van der Waals surface area contributed by atoms with Crippen molar-refractivity contribution in [3.63, 3.8) is 0 Å². The molecule has 90 valence electrons. The maximum atomic E-state index is 11.4. The number of likely N-dealkylation sites (N-methyl/N-ethyl adjacent to an activating group) is 1. The molecule has 0 aromatic heterocycles. The summed E-state index contributed by atoms with van der Waals surface area (Å²) in [7, 11) is 1.29. The SMILES string of the molecule is CC(CNC1CCCS(=O)(=O)C1)N(C)C. The van der Waals surface area contributed by atoms with Gasteiger partial charge in [0.25, 0.3) is 0 Å². The van der Waals surface area contributed by atoms with Crippen molar-refractivity contribution in [1.82, 2.24) is 10.2 Å². The Morgan fingerprint density at radius 2 is 2.13 bits per heavy atom. The standard InChI is InChI=1S/C10H22N2O2S/c1-9(12(2)3)7-11-10-5-4-6-15(13,14)8-10/h9-11H,4-8H2,1-3H3. The van der Waals surface area contributed by atoms with Crippen LogP contribution in [0.3, 0.4) is 0 Å². The van der Waals surface area contributed by atoms with E-state index in [1.54, 1.807) is 0 Å². The minimum absolute atomic E-state index is 0.158. The number of nitrogens with zero attached hydrogens (tertiary/aromatic N) is 1. The lowest BCUT2D eigenvalue weighted by Crippen LogP contribution is -2.45. The second kappa shape index (κ2) is 5.27. The van der Waals surface area contributed by atoms with Crippen LogP contribution in [0.4, 0.5) is 0 Å². The summed E-state index contributed by atoms with van der Waals surface area (Å²) in [6.07, 6.45) is 1.79. The molecular weight excluding hydrogens is 212 g/mol.